The Labute approximate surface area is 146 Å². The van der Waals surface area contributed by atoms with Crippen LogP contribution in [-0.2, 0) is 15.2 Å². The fourth-order valence-electron chi connectivity index (χ4n) is 3.09. The van der Waals surface area contributed by atoms with Gasteiger partial charge in [-0.05, 0) is 36.8 Å². The van der Waals surface area contributed by atoms with E-state index in [0.717, 1.165) is 12.8 Å². The number of benzene rings is 1. The minimum atomic E-state index is -1.81. The number of fused-ring (bicyclic) bond motifs is 1. The van der Waals surface area contributed by atoms with Crippen LogP contribution in [0.5, 0.6) is 0 Å². The lowest BCUT2D eigenvalue weighted by molar-refractivity contribution is -0.140. The number of unbranched alkanes of at least 4 members (excludes halogenated alkanes) is 1. The van der Waals surface area contributed by atoms with Crippen LogP contribution in [0.2, 0.25) is 0 Å². The summed E-state index contributed by atoms with van der Waals surface area (Å²) in [6.45, 7) is 2.58. The molecule has 0 radical (unpaired) electrons. The molecular formula is C20H21NO4. The molecule has 1 aliphatic rings. The van der Waals surface area contributed by atoms with Crippen molar-refractivity contribution < 1.29 is 19.1 Å². The third-order valence-corrected chi connectivity index (χ3v) is 4.38. The van der Waals surface area contributed by atoms with E-state index in [1.165, 1.54) is 18.4 Å². The summed E-state index contributed by atoms with van der Waals surface area (Å²) < 4.78 is 5.14. The SMILES string of the molecule is CCCCN1C(=O)[C@](O)(CC(=O)/C=C/c2ccco2)c2ccccc21. The number of amides is 1. The highest BCUT2D eigenvalue weighted by molar-refractivity contribution is 6.10. The van der Waals surface area contributed by atoms with Crippen LogP contribution in [0, 0.1) is 0 Å². The molecule has 1 amide bonds. The quantitative estimate of drug-likeness (QED) is 0.786. The second kappa shape index (κ2) is 7.07. The molecule has 25 heavy (non-hydrogen) atoms. The number of carbonyl (C=O) groups excluding carboxylic acids is 2. The van der Waals surface area contributed by atoms with Gasteiger partial charge in [0.2, 0.25) is 0 Å². The summed E-state index contributed by atoms with van der Waals surface area (Å²) in [6, 6.07) is 10.6. The molecule has 130 valence electrons. The van der Waals surface area contributed by atoms with Crippen molar-refractivity contribution in [2.75, 3.05) is 11.4 Å². The summed E-state index contributed by atoms with van der Waals surface area (Å²) in [7, 11) is 0. The van der Waals surface area contributed by atoms with Gasteiger partial charge in [0.25, 0.3) is 5.91 Å². The van der Waals surface area contributed by atoms with Gasteiger partial charge in [-0.3, -0.25) is 9.59 Å². The van der Waals surface area contributed by atoms with Gasteiger partial charge in [0.05, 0.1) is 18.4 Å². The molecule has 5 heteroatoms. The zero-order valence-corrected chi connectivity index (χ0v) is 14.1. The number of furan rings is 1. The fourth-order valence-corrected chi connectivity index (χ4v) is 3.09. The van der Waals surface area contributed by atoms with Gasteiger partial charge < -0.3 is 14.4 Å². The molecule has 0 spiro atoms. The van der Waals surface area contributed by atoms with Crippen molar-refractivity contribution in [1.29, 1.82) is 0 Å². The molecule has 0 aliphatic carbocycles. The van der Waals surface area contributed by atoms with E-state index < -0.39 is 11.5 Å². The molecule has 1 N–H and O–H groups in total. The van der Waals surface area contributed by atoms with Crippen LogP contribution in [0.15, 0.2) is 53.2 Å². The van der Waals surface area contributed by atoms with Crippen LogP contribution in [0.3, 0.4) is 0 Å². The first-order chi connectivity index (χ1) is 12.1. The highest BCUT2D eigenvalue weighted by Crippen LogP contribution is 2.42. The number of allylic oxidation sites excluding steroid dienone is 1. The number of nitrogens with zero attached hydrogens (tertiary/aromatic N) is 1. The molecule has 1 atom stereocenters. The maximum atomic E-state index is 12.8. The summed E-state index contributed by atoms with van der Waals surface area (Å²) in [5.41, 5.74) is -0.628. The highest BCUT2D eigenvalue weighted by Gasteiger charge is 2.50. The largest absolute Gasteiger partial charge is 0.465 e. The standard InChI is InChI=1S/C20H21NO4/c1-2-3-12-21-18-9-5-4-8-17(18)20(24,19(21)23)14-15(22)10-11-16-7-6-13-25-16/h4-11,13,24H,2-3,12,14H2,1H3/b11-10+/t20-/m0/s1. The number of anilines is 1. The molecule has 5 nitrogen and oxygen atoms in total. The third kappa shape index (κ3) is 3.28. The van der Waals surface area contributed by atoms with Crippen LogP contribution in [-0.4, -0.2) is 23.3 Å². The van der Waals surface area contributed by atoms with Gasteiger partial charge in [0.15, 0.2) is 11.4 Å². The molecule has 3 rings (SSSR count). The average molecular weight is 339 g/mol. The zero-order valence-electron chi connectivity index (χ0n) is 14.1. The summed E-state index contributed by atoms with van der Waals surface area (Å²) in [4.78, 5) is 26.7. The Morgan fingerprint density at radius 3 is 2.80 bits per heavy atom. The smallest absolute Gasteiger partial charge is 0.264 e. The fraction of sp³-hybridized carbons (Fsp3) is 0.300. The Morgan fingerprint density at radius 1 is 1.28 bits per heavy atom. The van der Waals surface area contributed by atoms with E-state index in [0.29, 0.717) is 23.6 Å². The zero-order chi connectivity index (χ0) is 17.9. The van der Waals surface area contributed by atoms with Crippen LogP contribution < -0.4 is 4.90 Å². The van der Waals surface area contributed by atoms with Crippen molar-refractivity contribution in [2.24, 2.45) is 0 Å². The monoisotopic (exact) mass is 339 g/mol. The molecule has 0 saturated heterocycles. The lowest BCUT2D eigenvalue weighted by Gasteiger charge is -2.22. The van der Waals surface area contributed by atoms with Crippen molar-refractivity contribution in [3.05, 3.63) is 60.1 Å². The molecule has 2 heterocycles. The Morgan fingerprint density at radius 2 is 2.08 bits per heavy atom. The van der Waals surface area contributed by atoms with E-state index in [4.69, 9.17) is 4.42 Å². The van der Waals surface area contributed by atoms with Crippen molar-refractivity contribution in [2.45, 2.75) is 31.8 Å². The number of rotatable bonds is 7. The van der Waals surface area contributed by atoms with Gasteiger partial charge in [-0.25, -0.2) is 0 Å². The van der Waals surface area contributed by atoms with Gasteiger partial charge >= 0.3 is 0 Å². The Hall–Kier alpha value is -2.66. The molecule has 0 unspecified atom stereocenters. The molecule has 1 aromatic heterocycles. The normalized spacial score (nSPS) is 19.6. The highest BCUT2D eigenvalue weighted by atomic mass is 16.3. The van der Waals surface area contributed by atoms with Crippen molar-refractivity contribution in [3.63, 3.8) is 0 Å². The number of hydrogen-bond donors (Lipinski definition) is 1. The van der Waals surface area contributed by atoms with E-state index >= 15 is 0 Å². The minimum Gasteiger partial charge on any atom is -0.465 e. The van der Waals surface area contributed by atoms with Crippen LogP contribution >= 0.6 is 0 Å². The number of aliphatic hydroxyl groups is 1. The van der Waals surface area contributed by atoms with Gasteiger partial charge in [0, 0.05) is 12.1 Å². The molecule has 0 saturated carbocycles. The number of ketones is 1. The van der Waals surface area contributed by atoms with Gasteiger partial charge in [-0.2, -0.15) is 0 Å². The van der Waals surface area contributed by atoms with Gasteiger partial charge in [0.1, 0.15) is 5.76 Å². The van der Waals surface area contributed by atoms with Crippen LogP contribution in [0.4, 0.5) is 5.69 Å². The molecule has 0 bridgehead atoms. The summed E-state index contributed by atoms with van der Waals surface area (Å²) in [5.74, 6) is -0.218. The van der Waals surface area contributed by atoms with Crippen LogP contribution in [0.25, 0.3) is 6.08 Å². The third-order valence-electron chi connectivity index (χ3n) is 4.38. The first kappa shape index (κ1) is 17.2. The number of para-hydroxylation sites is 1. The van der Waals surface area contributed by atoms with Crippen LogP contribution in [0.1, 0.15) is 37.5 Å². The van der Waals surface area contributed by atoms with Crippen molar-refractivity contribution in [3.8, 4) is 0 Å². The predicted octanol–water partition coefficient (Wildman–Crippen LogP) is 3.29. The van der Waals surface area contributed by atoms with Gasteiger partial charge in [-0.15, -0.1) is 0 Å². The molecule has 2 aromatic rings. The number of carbonyl (C=O) groups is 2. The predicted molar refractivity (Wildman–Crippen MR) is 95.0 cm³/mol. The van der Waals surface area contributed by atoms with E-state index in [-0.39, 0.29) is 12.2 Å². The van der Waals surface area contributed by atoms with Gasteiger partial charge in [-0.1, -0.05) is 31.5 Å². The first-order valence-corrected chi connectivity index (χ1v) is 8.44. The lowest BCUT2D eigenvalue weighted by atomic mass is 9.90. The topological polar surface area (TPSA) is 70.8 Å². The first-order valence-electron chi connectivity index (χ1n) is 8.44. The van der Waals surface area contributed by atoms with E-state index in [9.17, 15) is 14.7 Å². The summed E-state index contributed by atoms with van der Waals surface area (Å²) in [5, 5.41) is 11.0. The van der Waals surface area contributed by atoms with Crippen molar-refractivity contribution >= 4 is 23.5 Å². The lowest BCUT2D eigenvalue weighted by Crippen LogP contribution is -2.42. The maximum absolute atomic E-state index is 12.8. The van der Waals surface area contributed by atoms with E-state index in [2.05, 4.69) is 0 Å². The molecule has 1 aromatic carbocycles. The van der Waals surface area contributed by atoms with E-state index in [1.807, 2.05) is 19.1 Å². The van der Waals surface area contributed by atoms with E-state index in [1.54, 1.807) is 29.2 Å². The second-order valence-electron chi connectivity index (χ2n) is 6.18. The Kier molecular flexibility index (Phi) is 4.86. The maximum Gasteiger partial charge on any atom is 0.264 e. The molecular weight excluding hydrogens is 318 g/mol. The average Bonchev–Trinajstić information content (AvgIpc) is 3.19. The number of hydrogen-bond acceptors (Lipinski definition) is 4. The second-order valence-corrected chi connectivity index (χ2v) is 6.18. The Balaban J connectivity index is 1.84. The Bertz CT molecular complexity index is 794. The van der Waals surface area contributed by atoms with Crippen molar-refractivity contribution in [1.82, 2.24) is 0 Å². The minimum absolute atomic E-state index is 0.289. The summed E-state index contributed by atoms with van der Waals surface area (Å²) in [6.07, 6.45) is 5.87. The summed E-state index contributed by atoms with van der Waals surface area (Å²) >= 11 is 0. The molecule has 0 fully saturated rings. The molecule has 1 aliphatic heterocycles.